The third-order valence-electron chi connectivity index (χ3n) is 1.74. The van der Waals surface area contributed by atoms with Crippen molar-refractivity contribution in [3.8, 4) is 0 Å². The van der Waals surface area contributed by atoms with Crippen LogP contribution in [0.1, 0.15) is 19.3 Å². The first kappa shape index (κ1) is 12.3. The van der Waals surface area contributed by atoms with E-state index in [0.29, 0.717) is 26.1 Å². The van der Waals surface area contributed by atoms with Crippen LogP contribution in [0.4, 0.5) is 0 Å². The molecule has 7 N–H and O–H groups in total. The van der Waals surface area contributed by atoms with Gasteiger partial charge in [-0.2, -0.15) is 0 Å². The average Bonchev–Trinajstić information content (AvgIpc) is 2.14. The number of carbonyl (C=O) groups is 1. The van der Waals surface area contributed by atoms with Crippen molar-refractivity contribution in [1.82, 2.24) is 5.32 Å². The molecular weight excluding hydrogens is 168 g/mol. The summed E-state index contributed by atoms with van der Waals surface area (Å²) in [6.45, 7) is 1.76. The van der Waals surface area contributed by atoms with Crippen LogP contribution < -0.4 is 22.5 Å². The minimum Gasteiger partial charge on any atom is -0.355 e. The van der Waals surface area contributed by atoms with Crippen molar-refractivity contribution in [2.75, 3.05) is 19.6 Å². The fourth-order valence-corrected chi connectivity index (χ4v) is 0.914. The summed E-state index contributed by atoms with van der Waals surface area (Å²) >= 11 is 0. The normalized spacial score (nSPS) is 12.5. The monoisotopic (exact) mass is 188 g/mol. The first-order valence-corrected chi connectivity index (χ1v) is 4.65. The van der Waals surface area contributed by atoms with E-state index in [1.54, 1.807) is 0 Å². The molecule has 0 aromatic rings. The highest BCUT2D eigenvalue weighted by atomic mass is 16.2. The third kappa shape index (κ3) is 6.51. The lowest BCUT2D eigenvalue weighted by molar-refractivity contribution is -0.122. The Bertz CT molecular complexity index is 140. The summed E-state index contributed by atoms with van der Waals surface area (Å²) in [7, 11) is 0. The highest BCUT2D eigenvalue weighted by molar-refractivity contribution is 5.81. The molecule has 0 aromatic heterocycles. The number of hydrogen-bond donors (Lipinski definition) is 4. The van der Waals surface area contributed by atoms with Crippen LogP contribution in [0, 0.1) is 0 Å². The molecule has 0 heterocycles. The van der Waals surface area contributed by atoms with E-state index in [-0.39, 0.29) is 5.91 Å². The number of nitrogens with two attached hydrogens (primary N) is 3. The molecule has 5 heteroatoms. The topological polar surface area (TPSA) is 107 Å². The van der Waals surface area contributed by atoms with Gasteiger partial charge in [0.25, 0.3) is 0 Å². The van der Waals surface area contributed by atoms with Gasteiger partial charge < -0.3 is 22.5 Å². The highest BCUT2D eigenvalue weighted by Gasteiger charge is 2.10. The second kappa shape index (κ2) is 7.97. The molecule has 5 nitrogen and oxygen atoms in total. The van der Waals surface area contributed by atoms with E-state index in [1.807, 2.05) is 0 Å². The molecule has 0 spiro atoms. The van der Waals surface area contributed by atoms with Crippen LogP contribution in [0.3, 0.4) is 0 Å². The maximum atomic E-state index is 11.2. The van der Waals surface area contributed by atoms with Crippen LogP contribution in [-0.4, -0.2) is 31.6 Å². The Hall–Kier alpha value is -0.650. The smallest absolute Gasteiger partial charge is 0.236 e. The minimum atomic E-state index is -0.429. The first-order chi connectivity index (χ1) is 6.22. The fraction of sp³-hybridized carbons (Fsp3) is 0.875. The molecule has 0 aromatic carbocycles. The SMILES string of the molecule is NCCCNC(=O)[C@@H](N)CCCN. The molecule has 0 aliphatic rings. The zero-order valence-electron chi connectivity index (χ0n) is 7.96. The second-order valence-corrected chi connectivity index (χ2v) is 2.97. The van der Waals surface area contributed by atoms with E-state index in [9.17, 15) is 4.79 Å². The van der Waals surface area contributed by atoms with Gasteiger partial charge in [0.2, 0.25) is 5.91 Å². The Morgan fingerprint density at radius 1 is 1.23 bits per heavy atom. The lowest BCUT2D eigenvalue weighted by atomic mass is 10.1. The number of rotatable bonds is 7. The predicted octanol–water partition coefficient (Wildman–Crippen LogP) is -1.48. The summed E-state index contributed by atoms with van der Waals surface area (Å²) in [6, 6.07) is -0.429. The van der Waals surface area contributed by atoms with Crippen molar-refractivity contribution < 1.29 is 4.79 Å². The van der Waals surface area contributed by atoms with E-state index in [1.165, 1.54) is 0 Å². The van der Waals surface area contributed by atoms with Crippen molar-refractivity contribution in [3.05, 3.63) is 0 Å². The number of amides is 1. The maximum Gasteiger partial charge on any atom is 0.236 e. The van der Waals surface area contributed by atoms with Gasteiger partial charge in [-0.05, 0) is 32.4 Å². The Kier molecular flexibility index (Phi) is 7.57. The van der Waals surface area contributed by atoms with E-state index < -0.39 is 6.04 Å². The molecule has 13 heavy (non-hydrogen) atoms. The highest BCUT2D eigenvalue weighted by Crippen LogP contribution is 1.92. The summed E-state index contributed by atoms with van der Waals surface area (Å²) in [5, 5.41) is 2.71. The van der Waals surface area contributed by atoms with Gasteiger partial charge in [0.1, 0.15) is 0 Å². The Labute approximate surface area is 79.0 Å². The molecule has 0 rings (SSSR count). The quantitative estimate of drug-likeness (QED) is 0.365. The summed E-state index contributed by atoms with van der Waals surface area (Å²) in [4.78, 5) is 11.2. The summed E-state index contributed by atoms with van der Waals surface area (Å²) < 4.78 is 0. The van der Waals surface area contributed by atoms with Crippen LogP contribution in [0.5, 0.6) is 0 Å². The molecule has 0 bridgehead atoms. The molecule has 0 fully saturated rings. The zero-order chi connectivity index (χ0) is 10.1. The zero-order valence-corrected chi connectivity index (χ0v) is 7.96. The summed E-state index contributed by atoms with van der Waals surface area (Å²) in [5.41, 5.74) is 16.2. The van der Waals surface area contributed by atoms with Crippen molar-refractivity contribution in [3.63, 3.8) is 0 Å². The first-order valence-electron chi connectivity index (χ1n) is 4.65. The maximum absolute atomic E-state index is 11.2. The van der Waals surface area contributed by atoms with Gasteiger partial charge >= 0.3 is 0 Å². The van der Waals surface area contributed by atoms with E-state index in [4.69, 9.17) is 17.2 Å². The standard InChI is InChI=1S/C8H20N4O/c9-4-1-3-7(11)8(13)12-6-2-5-10/h7H,1-6,9-11H2,(H,12,13)/t7-/m0/s1. The third-order valence-corrected chi connectivity index (χ3v) is 1.74. The van der Waals surface area contributed by atoms with Crippen molar-refractivity contribution >= 4 is 5.91 Å². The number of carbonyl (C=O) groups excluding carboxylic acids is 1. The molecule has 0 aliphatic heterocycles. The molecule has 0 saturated carbocycles. The molecule has 0 unspecified atom stereocenters. The van der Waals surface area contributed by atoms with Gasteiger partial charge in [0.15, 0.2) is 0 Å². The van der Waals surface area contributed by atoms with Crippen molar-refractivity contribution in [2.45, 2.75) is 25.3 Å². The van der Waals surface area contributed by atoms with Crippen molar-refractivity contribution in [1.29, 1.82) is 0 Å². The van der Waals surface area contributed by atoms with Crippen LogP contribution in [-0.2, 0) is 4.79 Å². The molecule has 1 atom stereocenters. The van der Waals surface area contributed by atoms with Crippen LogP contribution in [0.2, 0.25) is 0 Å². The lowest BCUT2D eigenvalue weighted by Gasteiger charge is -2.10. The number of nitrogens with one attached hydrogen (secondary N) is 1. The second-order valence-electron chi connectivity index (χ2n) is 2.97. The van der Waals surface area contributed by atoms with Crippen LogP contribution in [0.25, 0.3) is 0 Å². The van der Waals surface area contributed by atoms with E-state index in [0.717, 1.165) is 12.8 Å². The molecule has 0 saturated heterocycles. The molecule has 0 radical (unpaired) electrons. The van der Waals surface area contributed by atoms with Gasteiger partial charge in [-0.3, -0.25) is 4.79 Å². The van der Waals surface area contributed by atoms with Gasteiger partial charge in [-0.15, -0.1) is 0 Å². The number of hydrogen-bond acceptors (Lipinski definition) is 4. The fourth-order valence-electron chi connectivity index (χ4n) is 0.914. The Balaban J connectivity index is 3.45. The average molecular weight is 188 g/mol. The van der Waals surface area contributed by atoms with Crippen molar-refractivity contribution in [2.24, 2.45) is 17.2 Å². The molecule has 0 aliphatic carbocycles. The predicted molar refractivity (Wildman–Crippen MR) is 52.9 cm³/mol. The van der Waals surface area contributed by atoms with Gasteiger partial charge in [-0.1, -0.05) is 0 Å². The Morgan fingerprint density at radius 2 is 1.85 bits per heavy atom. The van der Waals surface area contributed by atoms with Crippen LogP contribution >= 0.6 is 0 Å². The van der Waals surface area contributed by atoms with Gasteiger partial charge in [0.05, 0.1) is 6.04 Å². The molecular formula is C8H20N4O. The molecule has 78 valence electrons. The van der Waals surface area contributed by atoms with Gasteiger partial charge in [-0.25, -0.2) is 0 Å². The van der Waals surface area contributed by atoms with Gasteiger partial charge in [0, 0.05) is 6.54 Å². The summed E-state index contributed by atoms with van der Waals surface area (Å²) in [5.74, 6) is -0.109. The minimum absolute atomic E-state index is 0.109. The van der Waals surface area contributed by atoms with Crippen LogP contribution in [0.15, 0.2) is 0 Å². The molecule has 1 amide bonds. The largest absolute Gasteiger partial charge is 0.355 e. The van der Waals surface area contributed by atoms with E-state index >= 15 is 0 Å². The summed E-state index contributed by atoms with van der Waals surface area (Å²) in [6.07, 6.45) is 2.21. The van der Waals surface area contributed by atoms with E-state index in [2.05, 4.69) is 5.32 Å². The lowest BCUT2D eigenvalue weighted by Crippen LogP contribution is -2.41. The Morgan fingerprint density at radius 3 is 2.38 bits per heavy atom.